The standard InChI is InChI=1S/C19H22N2O2/c1-13-8-9-15(14(2)12-13)18(16-6-3-4-10-20-16)21-11-5-7-17(21)19(22)23/h3-4,6,8-10,12,17-18H,5,7,11H2,1-2H3,(H,22,23). The van der Waals surface area contributed by atoms with Crippen LogP contribution in [0.15, 0.2) is 42.6 Å². The summed E-state index contributed by atoms with van der Waals surface area (Å²) in [6.07, 6.45) is 3.38. The first-order valence-electron chi connectivity index (χ1n) is 8.04. The molecule has 23 heavy (non-hydrogen) atoms. The summed E-state index contributed by atoms with van der Waals surface area (Å²) in [6, 6.07) is 11.6. The number of nitrogens with zero attached hydrogens (tertiary/aromatic N) is 2. The second kappa shape index (κ2) is 6.50. The van der Waals surface area contributed by atoms with Crippen LogP contribution in [0.4, 0.5) is 0 Å². The molecule has 4 nitrogen and oxygen atoms in total. The van der Waals surface area contributed by atoms with Crippen LogP contribution in [0, 0.1) is 13.8 Å². The summed E-state index contributed by atoms with van der Waals surface area (Å²) in [5.41, 5.74) is 4.44. The van der Waals surface area contributed by atoms with Crippen LogP contribution in [0.1, 0.15) is 41.3 Å². The van der Waals surface area contributed by atoms with Crippen molar-refractivity contribution in [3.8, 4) is 0 Å². The Morgan fingerprint density at radius 2 is 2.13 bits per heavy atom. The molecule has 1 N–H and O–H groups in total. The molecule has 0 saturated carbocycles. The van der Waals surface area contributed by atoms with E-state index in [0.29, 0.717) is 6.42 Å². The Balaban J connectivity index is 2.09. The highest BCUT2D eigenvalue weighted by Gasteiger charge is 2.37. The highest BCUT2D eigenvalue weighted by Crippen LogP contribution is 2.35. The van der Waals surface area contributed by atoms with E-state index in [1.54, 1.807) is 6.20 Å². The molecule has 2 aromatic rings. The Morgan fingerprint density at radius 1 is 1.30 bits per heavy atom. The van der Waals surface area contributed by atoms with Crippen molar-refractivity contribution in [3.63, 3.8) is 0 Å². The SMILES string of the molecule is Cc1ccc(C(c2ccccn2)N2CCCC2C(=O)O)c(C)c1. The average molecular weight is 310 g/mol. The van der Waals surface area contributed by atoms with E-state index >= 15 is 0 Å². The fourth-order valence-corrected chi connectivity index (χ4v) is 3.54. The van der Waals surface area contributed by atoms with Crippen molar-refractivity contribution in [1.29, 1.82) is 0 Å². The summed E-state index contributed by atoms with van der Waals surface area (Å²) in [7, 11) is 0. The zero-order valence-corrected chi connectivity index (χ0v) is 13.6. The Bertz CT molecular complexity index is 700. The van der Waals surface area contributed by atoms with Gasteiger partial charge in [-0.15, -0.1) is 0 Å². The number of carboxylic acids is 1. The van der Waals surface area contributed by atoms with E-state index in [0.717, 1.165) is 24.2 Å². The molecule has 1 aliphatic heterocycles. The molecular weight excluding hydrogens is 288 g/mol. The van der Waals surface area contributed by atoms with Crippen molar-refractivity contribution in [2.75, 3.05) is 6.54 Å². The molecule has 1 aromatic carbocycles. The molecule has 2 heterocycles. The lowest BCUT2D eigenvalue weighted by atomic mass is 9.94. The maximum Gasteiger partial charge on any atom is 0.320 e. The average Bonchev–Trinajstić information content (AvgIpc) is 3.00. The van der Waals surface area contributed by atoms with Gasteiger partial charge in [0.05, 0.1) is 11.7 Å². The molecule has 1 fully saturated rings. The lowest BCUT2D eigenvalue weighted by Gasteiger charge is -2.32. The molecule has 120 valence electrons. The first-order valence-corrected chi connectivity index (χ1v) is 8.04. The van der Waals surface area contributed by atoms with Gasteiger partial charge in [0.1, 0.15) is 6.04 Å². The Hall–Kier alpha value is -2.20. The van der Waals surface area contributed by atoms with Gasteiger partial charge in [-0.05, 0) is 49.9 Å². The topological polar surface area (TPSA) is 53.4 Å². The van der Waals surface area contributed by atoms with Crippen LogP contribution >= 0.6 is 0 Å². The smallest absolute Gasteiger partial charge is 0.320 e. The molecule has 4 heteroatoms. The van der Waals surface area contributed by atoms with Crippen LogP contribution in [0.5, 0.6) is 0 Å². The zero-order chi connectivity index (χ0) is 16.4. The fraction of sp³-hybridized carbons (Fsp3) is 0.368. The Morgan fingerprint density at radius 3 is 2.78 bits per heavy atom. The first-order chi connectivity index (χ1) is 11.1. The molecule has 3 rings (SSSR count). The number of carboxylic acid groups (broad SMARTS) is 1. The first kappa shape index (κ1) is 15.7. The highest BCUT2D eigenvalue weighted by molar-refractivity contribution is 5.74. The molecule has 0 radical (unpaired) electrons. The number of aryl methyl sites for hydroxylation is 2. The molecule has 0 amide bonds. The van der Waals surface area contributed by atoms with Crippen LogP contribution < -0.4 is 0 Å². The Labute approximate surface area is 136 Å². The number of pyridine rings is 1. The second-order valence-electron chi connectivity index (χ2n) is 6.25. The second-order valence-corrected chi connectivity index (χ2v) is 6.25. The summed E-state index contributed by atoms with van der Waals surface area (Å²) in [4.78, 5) is 18.3. The summed E-state index contributed by atoms with van der Waals surface area (Å²) >= 11 is 0. The molecule has 1 aliphatic rings. The minimum Gasteiger partial charge on any atom is -0.480 e. The van der Waals surface area contributed by atoms with E-state index in [1.165, 1.54) is 11.1 Å². The van der Waals surface area contributed by atoms with Crippen molar-refractivity contribution in [2.24, 2.45) is 0 Å². The summed E-state index contributed by atoms with van der Waals surface area (Å²) in [5.74, 6) is -0.742. The van der Waals surface area contributed by atoms with E-state index < -0.39 is 12.0 Å². The van der Waals surface area contributed by atoms with Crippen LogP contribution in [0.2, 0.25) is 0 Å². The molecule has 0 aliphatic carbocycles. The third-order valence-corrected chi connectivity index (χ3v) is 4.60. The monoisotopic (exact) mass is 310 g/mol. The van der Waals surface area contributed by atoms with Gasteiger partial charge in [0.2, 0.25) is 0 Å². The van der Waals surface area contributed by atoms with Crippen LogP contribution in [0.25, 0.3) is 0 Å². The van der Waals surface area contributed by atoms with E-state index in [4.69, 9.17) is 0 Å². The minimum atomic E-state index is -0.742. The number of likely N-dealkylation sites (tertiary alicyclic amines) is 1. The number of hydrogen-bond donors (Lipinski definition) is 1. The molecule has 1 aromatic heterocycles. The zero-order valence-electron chi connectivity index (χ0n) is 13.6. The summed E-state index contributed by atoms with van der Waals surface area (Å²) in [5, 5.41) is 9.58. The van der Waals surface area contributed by atoms with Crippen LogP contribution in [-0.4, -0.2) is 33.5 Å². The number of aliphatic carboxylic acids is 1. The van der Waals surface area contributed by atoms with Crippen molar-refractivity contribution in [2.45, 2.75) is 38.8 Å². The molecular formula is C19H22N2O2. The van der Waals surface area contributed by atoms with E-state index in [1.807, 2.05) is 18.2 Å². The lowest BCUT2D eigenvalue weighted by molar-refractivity contribution is -0.142. The number of rotatable bonds is 4. The van der Waals surface area contributed by atoms with Gasteiger partial charge in [-0.1, -0.05) is 29.8 Å². The van der Waals surface area contributed by atoms with Gasteiger partial charge in [0.25, 0.3) is 0 Å². The predicted octanol–water partition coefficient (Wildman–Crippen LogP) is 3.34. The van der Waals surface area contributed by atoms with Gasteiger partial charge in [-0.2, -0.15) is 0 Å². The fourth-order valence-electron chi connectivity index (χ4n) is 3.54. The maximum atomic E-state index is 11.7. The van der Waals surface area contributed by atoms with Crippen molar-refractivity contribution in [1.82, 2.24) is 9.88 Å². The van der Waals surface area contributed by atoms with Gasteiger partial charge in [0.15, 0.2) is 0 Å². The van der Waals surface area contributed by atoms with Gasteiger partial charge >= 0.3 is 5.97 Å². The minimum absolute atomic E-state index is 0.111. The maximum absolute atomic E-state index is 11.7. The normalized spacial score (nSPS) is 19.7. The van der Waals surface area contributed by atoms with Crippen LogP contribution in [-0.2, 0) is 4.79 Å². The third-order valence-electron chi connectivity index (χ3n) is 4.60. The van der Waals surface area contributed by atoms with Crippen LogP contribution in [0.3, 0.4) is 0 Å². The van der Waals surface area contributed by atoms with Gasteiger partial charge in [-0.25, -0.2) is 0 Å². The Kier molecular flexibility index (Phi) is 4.44. The van der Waals surface area contributed by atoms with E-state index in [9.17, 15) is 9.90 Å². The van der Waals surface area contributed by atoms with Gasteiger partial charge in [0, 0.05) is 12.7 Å². The number of benzene rings is 1. The number of carbonyl (C=O) groups is 1. The third kappa shape index (κ3) is 3.13. The van der Waals surface area contributed by atoms with Gasteiger partial charge < -0.3 is 5.11 Å². The largest absolute Gasteiger partial charge is 0.480 e. The summed E-state index contributed by atoms with van der Waals surface area (Å²) in [6.45, 7) is 4.94. The molecule has 2 unspecified atom stereocenters. The lowest BCUT2D eigenvalue weighted by Crippen LogP contribution is -2.39. The number of aromatic nitrogens is 1. The molecule has 2 atom stereocenters. The quantitative estimate of drug-likeness (QED) is 0.941. The highest BCUT2D eigenvalue weighted by atomic mass is 16.4. The van der Waals surface area contributed by atoms with Crippen molar-refractivity contribution >= 4 is 5.97 Å². The van der Waals surface area contributed by atoms with E-state index in [-0.39, 0.29) is 6.04 Å². The molecule has 0 bridgehead atoms. The number of hydrogen-bond acceptors (Lipinski definition) is 3. The van der Waals surface area contributed by atoms with Gasteiger partial charge in [-0.3, -0.25) is 14.7 Å². The van der Waals surface area contributed by atoms with Crippen molar-refractivity contribution < 1.29 is 9.90 Å². The predicted molar refractivity (Wildman–Crippen MR) is 89.4 cm³/mol. The molecule has 1 saturated heterocycles. The van der Waals surface area contributed by atoms with E-state index in [2.05, 4.69) is 41.9 Å². The molecule has 0 spiro atoms. The van der Waals surface area contributed by atoms with Crippen molar-refractivity contribution in [3.05, 3.63) is 65.0 Å². The summed E-state index contributed by atoms with van der Waals surface area (Å²) < 4.78 is 0.